The first-order valence-electron chi connectivity index (χ1n) is 5.12. The molecule has 4 fully saturated rings. The van der Waals surface area contributed by atoms with Crippen molar-refractivity contribution in [3.63, 3.8) is 0 Å². The summed E-state index contributed by atoms with van der Waals surface area (Å²) in [5.74, 6) is 3.72. The SMILES string of the molecule is C[C-](C)C12CC3(Br)C1CCCC32.[Li+]. The van der Waals surface area contributed by atoms with Gasteiger partial charge in [0.2, 0.25) is 0 Å². The molecule has 0 spiro atoms. The molecule has 68 valence electrons. The molecule has 2 atom stereocenters. The van der Waals surface area contributed by atoms with Crippen molar-refractivity contribution in [1.82, 2.24) is 0 Å². The molecule has 0 radical (unpaired) electrons. The van der Waals surface area contributed by atoms with Crippen molar-refractivity contribution >= 4 is 15.9 Å². The second-order valence-corrected chi connectivity index (χ2v) is 6.66. The van der Waals surface area contributed by atoms with Gasteiger partial charge in [-0.05, 0) is 11.8 Å². The molecular formula is C11H16BrLi. The second kappa shape index (κ2) is 2.81. The molecule has 0 saturated heterocycles. The molecule has 4 aliphatic rings. The zero-order valence-electron chi connectivity index (χ0n) is 8.86. The molecule has 4 rings (SSSR count). The Bertz CT molecular complexity index is 224. The van der Waals surface area contributed by atoms with Crippen molar-refractivity contribution in [1.29, 1.82) is 0 Å². The van der Waals surface area contributed by atoms with Gasteiger partial charge in [-0.3, -0.25) is 0 Å². The number of halogens is 1. The third kappa shape index (κ3) is 0.865. The van der Waals surface area contributed by atoms with Gasteiger partial charge >= 0.3 is 18.9 Å². The van der Waals surface area contributed by atoms with Gasteiger partial charge in [0.25, 0.3) is 0 Å². The van der Waals surface area contributed by atoms with Crippen molar-refractivity contribution in [2.24, 2.45) is 17.3 Å². The summed E-state index contributed by atoms with van der Waals surface area (Å²) < 4.78 is 0.614. The van der Waals surface area contributed by atoms with E-state index in [1.807, 2.05) is 0 Å². The van der Waals surface area contributed by atoms with Gasteiger partial charge in [-0.2, -0.15) is 13.8 Å². The maximum absolute atomic E-state index is 3.96. The summed E-state index contributed by atoms with van der Waals surface area (Å²) in [5, 5.41) is 0. The maximum atomic E-state index is 3.96. The molecule has 0 aromatic heterocycles. The third-order valence-corrected chi connectivity index (χ3v) is 6.27. The van der Waals surface area contributed by atoms with Gasteiger partial charge in [-0.15, -0.1) is 5.41 Å². The van der Waals surface area contributed by atoms with Gasteiger partial charge in [0.15, 0.2) is 0 Å². The van der Waals surface area contributed by atoms with Crippen LogP contribution in [0.15, 0.2) is 0 Å². The monoisotopic (exact) mass is 234 g/mol. The van der Waals surface area contributed by atoms with Crippen LogP contribution in [0.2, 0.25) is 0 Å². The first-order chi connectivity index (χ1) is 5.62. The van der Waals surface area contributed by atoms with E-state index in [1.165, 1.54) is 25.7 Å². The van der Waals surface area contributed by atoms with Gasteiger partial charge in [-0.1, -0.05) is 41.6 Å². The molecule has 2 heteroatoms. The van der Waals surface area contributed by atoms with Gasteiger partial charge in [-0.25, -0.2) is 0 Å². The number of alkyl halides is 1. The molecule has 0 nitrogen and oxygen atoms in total. The average molecular weight is 235 g/mol. The predicted octanol–water partition coefficient (Wildman–Crippen LogP) is 0.558. The fourth-order valence-electron chi connectivity index (χ4n) is 4.32. The van der Waals surface area contributed by atoms with E-state index in [2.05, 4.69) is 29.8 Å². The van der Waals surface area contributed by atoms with E-state index in [1.54, 1.807) is 5.92 Å². The largest absolute Gasteiger partial charge is 1.00 e. The van der Waals surface area contributed by atoms with Crippen LogP contribution >= 0.6 is 15.9 Å². The molecule has 0 aromatic carbocycles. The van der Waals surface area contributed by atoms with Gasteiger partial charge < -0.3 is 5.92 Å². The standard InChI is InChI=1S/C11H16Br.Li/c1-7(2)10-6-11(12)8(10)4-3-5-9(10)11;/h8-9H,3-6H2,1-2H3;/q-1;+1. The van der Waals surface area contributed by atoms with E-state index in [0.29, 0.717) is 9.74 Å². The molecule has 0 aromatic rings. The maximum Gasteiger partial charge on any atom is 1.00 e. The Kier molecular flexibility index (Phi) is 2.29. The topological polar surface area (TPSA) is 0 Å². The van der Waals surface area contributed by atoms with E-state index >= 15 is 0 Å². The minimum Gasteiger partial charge on any atom is -0.313 e. The van der Waals surface area contributed by atoms with Crippen LogP contribution in [0.3, 0.4) is 0 Å². The van der Waals surface area contributed by atoms with Crippen LogP contribution in [0.4, 0.5) is 0 Å². The quantitative estimate of drug-likeness (QED) is 0.354. The zero-order valence-corrected chi connectivity index (χ0v) is 10.4. The Morgan fingerprint density at radius 1 is 1.23 bits per heavy atom. The van der Waals surface area contributed by atoms with E-state index < -0.39 is 0 Å². The van der Waals surface area contributed by atoms with Crippen LogP contribution in [-0.4, -0.2) is 4.32 Å². The fraction of sp³-hybridized carbons (Fsp3) is 0.909. The molecule has 0 aliphatic heterocycles. The van der Waals surface area contributed by atoms with Gasteiger partial charge in [0, 0.05) is 4.32 Å². The summed E-state index contributed by atoms with van der Waals surface area (Å²) in [6.07, 6.45) is 5.88. The van der Waals surface area contributed by atoms with Crippen molar-refractivity contribution in [3.8, 4) is 0 Å². The summed E-state index contributed by atoms with van der Waals surface area (Å²) in [7, 11) is 0. The first kappa shape index (κ1) is 10.6. The second-order valence-electron chi connectivity index (χ2n) is 5.18. The molecule has 0 N–H and O–H groups in total. The van der Waals surface area contributed by atoms with Crippen LogP contribution in [0.5, 0.6) is 0 Å². The normalized spacial score (nSPS) is 56.3. The van der Waals surface area contributed by atoms with Crippen molar-refractivity contribution in [3.05, 3.63) is 5.92 Å². The van der Waals surface area contributed by atoms with Gasteiger partial charge in [0.05, 0.1) is 0 Å². The van der Waals surface area contributed by atoms with Crippen LogP contribution in [0.25, 0.3) is 0 Å². The number of hydrogen-bond donors (Lipinski definition) is 0. The van der Waals surface area contributed by atoms with E-state index in [9.17, 15) is 0 Å². The Balaban J connectivity index is 0.000000653. The molecule has 4 aliphatic carbocycles. The summed E-state index contributed by atoms with van der Waals surface area (Å²) in [6, 6.07) is 0. The Morgan fingerprint density at radius 2 is 1.77 bits per heavy atom. The van der Waals surface area contributed by atoms with E-state index in [4.69, 9.17) is 0 Å². The van der Waals surface area contributed by atoms with Gasteiger partial charge in [0.1, 0.15) is 0 Å². The number of hydrogen-bond acceptors (Lipinski definition) is 0. The summed E-state index contributed by atoms with van der Waals surface area (Å²) in [6.45, 7) is 4.69. The van der Waals surface area contributed by atoms with Crippen molar-refractivity contribution < 1.29 is 18.9 Å². The molecule has 13 heavy (non-hydrogen) atoms. The Labute approximate surface area is 102 Å². The zero-order chi connectivity index (χ0) is 8.56. The van der Waals surface area contributed by atoms with Crippen molar-refractivity contribution in [2.45, 2.75) is 43.9 Å². The smallest absolute Gasteiger partial charge is 0.313 e. The van der Waals surface area contributed by atoms with Crippen LogP contribution < -0.4 is 18.9 Å². The van der Waals surface area contributed by atoms with Crippen LogP contribution in [-0.2, 0) is 0 Å². The molecule has 0 heterocycles. The van der Waals surface area contributed by atoms with E-state index in [-0.39, 0.29) is 18.9 Å². The molecule has 0 amide bonds. The molecular weight excluding hydrogens is 219 g/mol. The van der Waals surface area contributed by atoms with Crippen LogP contribution in [0, 0.1) is 23.2 Å². The average Bonchev–Trinajstić information content (AvgIpc) is 2.00. The van der Waals surface area contributed by atoms with Crippen molar-refractivity contribution in [2.75, 3.05) is 0 Å². The summed E-state index contributed by atoms with van der Waals surface area (Å²) in [5.41, 5.74) is 0.710. The molecule has 2 unspecified atom stereocenters. The minimum atomic E-state index is 0. The first-order valence-corrected chi connectivity index (χ1v) is 5.91. The summed E-state index contributed by atoms with van der Waals surface area (Å²) in [4.78, 5) is 0. The number of rotatable bonds is 1. The summed E-state index contributed by atoms with van der Waals surface area (Å²) >= 11 is 3.96. The third-order valence-electron chi connectivity index (χ3n) is 4.88. The Hall–Kier alpha value is 1.08. The Morgan fingerprint density at radius 3 is 2.08 bits per heavy atom. The van der Waals surface area contributed by atoms with Crippen LogP contribution in [0.1, 0.15) is 39.5 Å². The predicted molar refractivity (Wildman–Crippen MR) is 54.1 cm³/mol. The molecule has 4 saturated carbocycles. The van der Waals surface area contributed by atoms with E-state index in [0.717, 1.165) is 11.8 Å². The minimum absolute atomic E-state index is 0. The fourth-order valence-corrected chi connectivity index (χ4v) is 6.06. The molecule has 4 bridgehead atoms.